The van der Waals surface area contributed by atoms with Crippen molar-refractivity contribution in [1.82, 2.24) is 19.7 Å². The summed E-state index contributed by atoms with van der Waals surface area (Å²) >= 11 is 5.70. The van der Waals surface area contributed by atoms with Crippen molar-refractivity contribution in [3.8, 4) is 5.69 Å². The Morgan fingerprint density at radius 1 is 1.29 bits per heavy atom. The normalized spacial score (nSPS) is 14.3. The van der Waals surface area contributed by atoms with Crippen LogP contribution in [0, 0.1) is 10.1 Å². The molecule has 2 aromatic heterocycles. The second kappa shape index (κ2) is 8.12. The molecule has 0 unspecified atom stereocenters. The lowest BCUT2D eigenvalue weighted by atomic mass is 10.0. The molecule has 13 heteroatoms. The van der Waals surface area contributed by atoms with Gasteiger partial charge in [-0.15, -0.1) is 0 Å². The van der Waals surface area contributed by atoms with Gasteiger partial charge < -0.3 is 10.1 Å². The Morgan fingerprint density at radius 2 is 2.00 bits per heavy atom. The van der Waals surface area contributed by atoms with Gasteiger partial charge in [-0.1, -0.05) is 12.1 Å². The molecule has 0 bridgehead atoms. The lowest BCUT2D eigenvalue weighted by molar-refractivity contribution is -0.384. The Morgan fingerprint density at radius 3 is 2.58 bits per heavy atom. The molecule has 0 saturated carbocycles. The molecular formula is C18H14ClF3N6O3. The Balaban J connectivity index is 1.55. The highest BCUT2D eigenvalue weighted by atomic mass is 35.5. The predicted octanol–water partition coefficient (Wildman–Crippen LogP) is 3.97. The summed E-state index contributed by atoms with van der Waals surface area (Å²) in [4.78, 5) is 17.8. The first-order chi connectivity index (χ1) is 14.7. The van der Waals surface area contributed by atoms with E-state index in [1.807, 2.05) is 0 Å². The van der Waals surface area contributed by atoms with Crippen LogP contribution in [-0.4, -0.2) is 37.9 Å². The third kappa shape index (κ3) is 4.44. The van der Waals surface area contributed by atoms with E-state index in [1.54, 1.807) is 24.3 Å². The highest BCUT2D eigenvalue weighted by molar-refractivity contribution is 6.28. The smallest absolute Gasteiger partial charge is 0.380 e. The number of alkyl halides is 3. The van der Waals surface area contributed by atoms with Crippen LogP contribution in [0.2, 0.25) is 5.28 Å². The number of aromatic nitrogens is 4. The number of anilines is 1. The zero-order valence-electron chi connectivity index (χ0n) is 15.6. The third-order valence-electron chi connectivity index (χ3n) is 4.66. The van der Waals surface area contributed by atoms with Gasteiger partial charge in [-0.25, -0.2) is 9.67 Å². The number of rotatable bonds is 6. The van der Waals surface area contributed by atoms with Gasteiger partial charge in [0.1, 0.15) is 6.20 Å². The highest BCUT2D eigenvalue weighted by Gasteiger charge is 2.37. The van der Waals surface area contributed by atoms with Gasteiger partial charge in [0.15, 0.2) is 5.69 Å². The maximum Gasteiger partial charge on any atom is 0.435 e. The topological polar surface area (TPSA) is 108 Å². The average Bonchev–Trinajstić information content (AvgIpc) is 3.10. The zero-order valence-corrected chi connectivity index (χ0v) is 16.4. The van der Waals surface area contributed by atoms with E-state index < -0.39 is 16.8 Å². The standard InChI is InChI=1S/C18H14ClF3N6O3/c19-17-24-7-14(28(29)30)16(25-17)23-6-10-1-3-12(4-2-10)27-13(11-8-31-9-11)5-15(26-27)18(20,21)22/h1-5,7,11H,6,8-9H2,(H,23,24,25). The molecule has 3 heterocycles. The van der Waals surface area contributed by atoms with Gasteiger partial charge in [0, 0.05) is 12.5 Å². The van der Waals surface area contributed by atoms with Crippen LogP contribution < -0.4 is 5.32 Å². The molecule has 0 aliphatic carbocycles. The number of nitrogens with zero attached hydrogens (tertiary/aromatic N) is 5. The van der Waals surface area contributed by atoms with Crippen molar-refractivity contribution in [1.29, 1.82) is 0 Å². The van der Waals surface area contributed by atoms with Crippen molar-refractivity contribution >= 4 is 23.1 Å². The summed E-state index contributed by atoms with van der Waals surface area (Å²) in [5.41, 5.74) is 0.301. The molecule has 31 heavy (non-hydrogen) atoms. The van der Waals surface area contributed by atoms with Crippen molar-refractivity contribution in [3.63, 3.8) is 0 Å². The quantitative estimate of drug-likeness (QED) is 0.341. The molecule has 162 valence electrons. The van der Waals surface area contributed by atoms with Gasteiger partial charge in [-0.05, 0) is 35.4 Å². The minimum atomic E-state index is -4.55. The lowest BCUT2D eigenvalue weighted by Gasteiger charge is -2.26. The number of benzene rings is 1. The molecule has 0 radical (unpaired) electrons. The minimum Gasteiger partial charge on any atom is -0.380 e. The molecule has 1 aliphatic rings. The van der Waals surface area contributed by atoms with Gasteiger partial charge in [-0.3, -0.25) is 10.1 Å². The predicted molar refractivity (Wildman–Crippen MR) is 103 cm³/mol. The molecule has 0 atom stereocenters. The summed E-state index contributed by atoms with van der Waals surface area (Å²) in [5.74, 6) is -0.198. The zero-order chi connectivity index (χ0) is 22.2. The van der Waals surface area contributed by atoms with E-state index in [-0.39, 0.29) is 29.3 Å². The van der Waals surface area contributed by atoms with Crippen molar-refractivity contribution < 1.29 is 22.8 Å². The Labute approximate surface area is 178 Å². The third-order valence-corrected chi connectivity index (χ3v) is 4.84. The number of nitrogens with one attached hydrogen (secondary N) is 1. The molecule has 4 rings (SSSR count). The van der Waals surface area contributed by atoms with E-state index in [4.69, 9.17) is 16.3 Å². The maximum absolute atomic E-state index is 13.1. The Kier molecular flexibility index (Phi) is 5.50. The Hall–Kier alpha value is -3.25. The monoisotopic (exact) mass is 454 g/mol. The number of nitro groups is 1. The van der Waals surface area contributed by atoms with Crippen LogP contribution in [0.5, 0.6) is 0 Å². The van der Waals surface area contributed by atoms with E-state index in [9.17, 15) is 23.3 Å². The molecule has 3 aromatic rings. The molecular weight excluding hydrogens is 441 g/mol. The fourth-order valence-corrected chi connectivity index (χ4v) is 3.13. The summed E-state index contributed by atoms with van der Waals surface area (Å²) in [7, 11) is 0. The molecule has 1 N–H and O–H groups in total. The molecule has 1 saturated heterocycles. The molecule has 1 aromatic carbocycles. The minimum absolute atomic E-state index is 0.0387. The fourth-order valence-electron chi connectivity index (χ4n) is 3.00. The first kappa shape index (κ1) is 21.0. The van der Waals surface area contributed by atoms with Gasteiger partial charge in [-0.2, -0.15) is 23.3 Å². The van der Waals surface area contributed by atoms with Crippen LogP contribution in [-0.2, 0) is 17.5 Å². The molecule has 1 aliphatic heterocycles. The van der Waals surface area contributed by atoms with Crippen LogP contribution in [0.4, 0.5) is 24.7 Å². The fraction of sp³-hybridized carbons (Fsp3) is 0.278. The van der Waals surface area contributed by atoms with Crippen molar-refractivity contribution in [3.05, 3.63) is 68.9 Å². The summed E-state index contributed by atoms with van der Waals surface area (Å²) < 4.78 is 45.8. The number of hydrogen-bond acceptors (Lipinski definition) is 7. The largest absolute Gasteiger partial charge is 0.435 e. The van der Waals surface area contributed by atoms with Crippen LogP contribution in [0.15, 0.2) is 36.5 Å². The SMILES string of the molecule is O=[N+]([O-])c1cnc(Cl)nc1NCc1ccc(-n2nc(C(F)(F)F)cc2C2COC2)cc1. The van der Waals surface area contributed by atoms with Crippen LogP contribution in [0.25, 0.3) is 5.69 Å². The number of halogens is 4. The van der Waals surface area contributed by atoms with Crippen LogP contribution >= 0.6 is 11.6 Å². The van der Waals surface area contributed by atoms with Crippen LogP contribution in [0.1, 0.15) is 22.9 Å². The van der Waals surface area contributed by atoms with Crippen molar-refractivity contribution in [2.45, 2.75) is 18.6 Å². The first-order valence-electron chi connectivity index (χ1n) is 8.97. The molecule has 0 spiro atoms. The van der Waals surface area contributed by atoms with E-state index in [0.717, 1.165) is 12.3 Å². The van der Waals surface area contributed by atoms with E-state index in [0.29, 0.717) is 30.2 Å². The van der Waals surface area contributed by atoms with Crippen LogP contribution in [0.3, 0.4) is 0 Å². The molecule has 0 amide bonds. The lowest BCUT2D eigenvalue weighted by Crippen LogP contribution is -2.27. The molecule has 1 fully saturated rings. The van der Waals surface area contributed by atoms with E-state index in [2.05, 4.69) is 20.4 Å². The second-order valence-corrected chi connectivity index (χ2v) is 7.09. The first-order valence-corrected chi connectivity index (χ1v) is 9.35. The van der Waals surface area contributed by atoms with Gasteiger partial charge in [0.05, 0.1) is 29.5 Å². The number of ether oxygens (including phenoxy) is 1. The molecule has 9 nitrogen and oxygen atoms in total. The Bertz CT molecular complexity index is 1120. The maximum atomic E-state index is 13.1. The number of hydrogen-bond donors (Lipinski definition) is 1. The average molecular weight is 455 g/mol. The van der Waals surface area contributed by atoms with E-state index >= 15 is 0 Å². The summed E-state index contributed by atoms with van der Waals surface area (Å²) in [6.45, 7) is 0.848. The highest BCUT2D eigenvalue weighted by Crippen LogP contribution is 2.34. The summed E-state index contributed by atoms with van der Waals surface area (Å²) in [6, 6.07) is 7.63. The summed E-state index contributed by atoms with van der Waals surface area (Å²) in [5, 5.41) is 17.5. The second-order valence-electron chi connectivity index (χ2n) is 6.75. The van der Waals surface area contributed by atoms with Gasteiger partial charge in [0.2, 0.25) is 11.1 Å². The van der Waals surface area contributed by atoms with E-state index in [1.165, 1.54) is 4.68 Å². The van der Waals surface area contributed by atoms with Gasteiger partial charge >= 0.3 is 11.9 Å². The van der Waals surface area contributed by atoms with Crippen molar-refractivity contribution in [2.24, 2.45) is 0 Å². The van der Waals surface area contributed by atoms with Crippen molar-refractivity contribution in [2.75, 3.05) is 18.5 Å². The van der Waals surface area contributed by atoms with Gasteiger partial charge in [0.25, 0.3) is 0 Å². The summed E-state index contributed by atoms with van der Waals surface area (Å²) in [6.07, 6.45) is -3.55.